The van der Waals surface area contributed by atoms with E-state index >= 15 is 0 Å². The van der Waals surface area contributed by atoms with Gasteiger partial charge in [-0.3, -0.25) is 9.48 Å². The summed E-state index contributed by atoms with van der Waals surface area (Å²) in [5.41, 5.74) is 1.24. The van der Waals surface area contributed by atoms with Crippen LogP contribution in [-0.2, 0) is 6.54 Å². The molecule has 4 atom stereocenters. The molecule has 1 fully saturated rings. The standard InChI is InChI=1S/C18H22N4O3/c1-2-8-22-9-7-12(21-22)18(24)20-13-10-15-16(17(13)23)19-11-5-3-4-6-14(11)25-15/h3-7,9,13,15-17,19,23H,2,8,10H2,1H3,(H,20,24)/t13-,15-,16-,17-/m1/s1. The number of anilines is 1. The quantitative estimate of drug-likeness (QED) is 0.782. The van der Waals surface area contributed by atoms with Crippen LogP contribution in [-0.4, -0.2) is 45.1 Å². The van der Waals surface area contributed by atoms with Gasteiger partial charge < -0.3 is 20.5 Å². The largest absolute Gasteiger partial charge is 0.486 e. The predicted octanol–water partition coefficient (Wildman–Crippen LogP) is 1.40. The van der Waals surface area contributed by atoms with E-state index in [0.29, 0.717) is 12.1 Å². The van der Waals surface area contributed by atoms with E-state index in [1.807, 2.05) is 24.3 Å². The normalized spacial score (nSPS) is 27.0. The number of hydrogen-bond acceptors (Lipinski definition) is 5. The van der Waals surface area contributed by atoms with Crippen molar-refractivity contribution in [2.24, 2.45) is 0 Å². The summed E-state index contributed by atoms with van der Waals surface area (Å²) in [5.74, 6) is 0.510. The summed E-state index contributed by atoms with van der Waals surface area (Å²) in [5, 5.41) is 21.1. The third-order valence-corrected chi connectivity index (χ3v) is 4.80. The SMILES string of the molecule is CCCn1ccc(C(=O)N[C@@H]2C[C@H]3Oc4ccccc4N[C@H]3[C@@H]2O)n1. The van der Waals surface area contributed by atoms with Gasteiger partial charge >= 0.3 is 0 Å². The maximum atomic E-state index is 12.4. The summed E-state index contributed by atoms with van der Waals surface area (Å²) in [6.07, 6.45) is 2.41. The number of para-hydroxylation sites is 2. The van der Waals surface area contributed by atoms with E-state index in [9.17, 15) is 9.90 Å². The number of ether oxygens (including phenoxy) is 1. The monoisotopic (exact) mass is 342 g/mol. The maximum absolute atomic E-state index is 12.4. The smallest absolute Gasteiger partial charge is 0.272 e. The number of nitrogens with one attached hydrogen (secondary N) is 2. The molecule has 1 aliphatic carbocycles. The molecule has 0 radical (unpaired) electrons. The molecule has 0 spiro atoms. The van der Waals surface area contributed by atoms with Crippen LogP contribution in [0, 0.1) is 0 Å². The zero-order valence-corrected chi connectivity index (χ0v) is 14.1. The third-order valence-electron chi connectivity index (χ3n) is 4.80. The fraction of sp³-hybridized carbons (Fsp3) is 0.444. The minimum atomic E-state index is -0.722. The second-order valence-corrected chi connectivity index (χ2v) is 6.59. The summed E-state index contributed by atoms with van der Waals surface area (Å²) >= 11 is 0. The zero-order valence-electron chi connectivity index (χ0n) is 14.1. The molecule has 4 rings (SSSR count). The summed E-state index contributed by atoms with van der Waals surface area (Å²) < 4.78 is 7.74. The van der Waals surface area contributed by atoms with Crippen LogP contribution < -0.4 is 15.4 Å². The minimum absolute atomic E-state index is 0.173. The van der Waals surface area contributed by atoms with Crippen molar-refractivity contribution in [1.29, 1.82) is 0 Å². The van der Waals surface area contributed by atoms with Crippen LogP contribution in [0.15, 0.2) is 36.5 Å². The number of rotatable bonds is 4. The van der Waals surface area contributed by atoms with Gasteiger partial charge in [-0.05, 0) is 24.6 Å². The van der Waals surface area contributed by atoms with Crippen molar-refractivity contribution >= 4 is 11.6 Å². The Labute approximate surface area is 146 Å². The Hall–Kier alpha value is -2.54. The number of fused-ring (bicyclic) bond motifs is 2. The molecule has 1 aromatic carbocycles. The van der Waals surface area contributed by atoms with Crippen LogP contribution in [0.5, 0.6) is 5.75 Å². The number of carbonyl (C=O) groups is 1. The van der Waals surface area contributed by atoms with Crippen molar-refractivity contribution in [3.8, 4) is 5.75 Å². The molecule has 0 saturated heterocycles. The first-order chi connectivity index (χ1) is 12.2. The van der Waals surface area contributed by atoms with E-state index in [2.05, 4.69) is 22.7 Å². The first-order valence-corrected chi connectivity index (χ1v) is 8.70. The molecule has 3 N–H and O–H groups in total. The van der Waals surface area contributed by atoms with Crippen molar-refractivity contribution in [3.05, 3.63) is 42.2 Å². The lowest BCUT2D eigenvalue weighted by atomic mass is 10.1. The summed E-state index contributed by atoms with van der Waals surface area (Å²) in [6.45, 7) is 2.84. The van der Waals surface area contributed by atoms with Gasteiger partial charge in [0.15, 0.2) is 0 Å². The second-order valence-electron chi connectivity index (χ2n) is 6.59. The van der Waals surface area contributed by atoms with Gasteiger partial charge in [-0.1, -0.05) is 19.1 Å². The van der Waals surface area contributed by atoms with Crippen molar-refractivity contribution in [2.75, 3.05) is 5.32 Å². The summed E-state index contributed by atoms with van der Waals surface area (Å²) in [7, 11) is 0. The predicted molar refractivity (Wildman–Crippen MR) is 92.7 cm³/mol. The topological polar surface area (TPSA) is 88.4 Å². The van der Waals surface area contributed by atoms with Crippen LogP contribution in [0.4, 0.5) is 5.69 Å². The number of aryl methyl sites for hydroxylation is 1. The van der Waals surface area contributed by atoms with E-state index in [1.54, 1.807) is 16.9 Å². The molecule has 2 aliphatic rings. The first kappa shape index (κ1) is 16.0. The van der Waals surface area contributed by atoms with Crippen LogP contribution in [0.1, 0.15) is 30.3 Å². The Kier molecular flexibility index (Phi) is 4.09. The van der Waals surface area contributed by atoms with E-state index in [-0.39, 0.29) is 24.1 Å². The first-order valence-electron chi connectivity index (χ1n) is 8.70. The number of aromatic nitrogens is 2. The van der Waals surface area contributed by atoms with Crippen LogP contribution >= 0.6 is 0 Å². The lowest BCUT2D eigenvalue weighted by Crippen LogP contribution is -2.47. The van der Waals surface area contributed by atoms with Crippen LogP contribution in [0.3, 0.4) is 0 Å². The second kappa shape index (κ2) is 6.40. The summed E-state index contributed by atoms with van der Waals surface area (Å²) in [4.78, 5) is 12.4. The average molecular weight is 342 g/mol. The summed E-state index contributed by atoms with van der Waals surface area (Å²) in [6, 6.07) is 8.74. The van der Waals surface area contributed by atoms with E-state index in [0.717, 1.165) is 24.4 Å². The minimum Gasteiger partial charge on any atom is -0.486 e. The number of hydrogen-bond donors (Lipinski definition) is 3. The number of aliphatic hydroxyl groups excluding tert-OH is 1. The molecule has 1 amide bonds. The Morgan fingerprint density at radius 2 is 2.28 bits per heavy atom. The van der Waals surface area contributed by atoms with E-state index in [4.69, 9.17) is 4.74 Å². The Bertz CT molecular complexity index is 775. The van der Waals surface area contributed by atoms with Crippen LogP contribution in [0.2, 0.25) is 0 Å². The highest BCUT2D eigenvalue weighted by atomic mass is 16.5. The fourth-order valence-electron chi connectivity index (χ4n) is 3.56. The van der Waals surface area contributed by atoms with Crippen molar-refractivity contribution in [2.45, 2.75) is 50.6 Å². The molecule has 1 aromatic heterocycles. The molecule has 25 heavy (non-hydrogen) atoms. The highest BCUT2D eigenvalue weighted by molar-refractivity contribution is 5.92. The molecule has 0 bridgehead atoms. The number of nitrogens with zero attached hydrogens (tertiary/aromatic N) is 2. The van der Waals surface area contributed by atoms with Gasteiger partial charge in [-0.15, -0.1) is 0 Å². The van der Waals surface area contributed by atoms with Gasteiger partial charge in [-0.2, -0.15) is 5.10 Å². The van der Waals surface area contributed by atoms with Crippen LogP contribution in [0.25, 0.3) is 0 Å². The van der Waals surface area contributed by atoms with Gasteiger partial charge in [0.05, 0.1) is 23.9 Å². The molecule has 0 unspecified atom stereocenters. The average Bonchev–Trinajstić information content (AvgIpc) is 3.19. The Balaban J connectivity index is 1.43. The highest BCUT2D eigenvalue weighted by Gasteiger charge is 2.47. The van der Waals surface area contributed by atoms with Gasteiger partial charge in [0, 0.05) is 19.2 Å². The van der Waals surface area contributed by atoms with Gasteiger partial charge in [0.25, 0.3) is 5.91 Å². The number of aliphatic hydroxyl groups is 1. The fourth-order valence-corrected chi connectivity index (χ4v) is 3.56. The number of amides is 1. The molecular weight excluding hydrogens is 320 g/mol. The molecular formula is C18H22N4O3. The van der Waals surface area contributed by atoms with Crippen molar-refractivity contribution in [1.82, 2.24) is 15.1 Å². The van der Waals surface area contributed by atoms with E-state index in [1.165, 1.54) is 0 Å². The molecule has 2 aromatic rings. The molecule has 1 aliphatic heterocycles. The van der Waals surface area contributed by atoms with Gasteiger partial charge in [0.2, 0.25) is 0 Å². The molecule has 1 saturated carbocycles. The Morgan fingerprint density at radius 1 is 1.44 bits per heavy atom. The van der Waals surface area contributed by atoms with Gasteiger partial charge in [-0.25, -0.2) is 0 Å². The lowest BCUT2D eigenvalue weighted by Gasteiger charge is -2.31. The Morgan fingerprint density at radius 3 is 3.12 bits per heavy atom. The maximum Gasteiger partial charge on any atom is 0.272 e. The van der Waals surface area contributed by atoms with E-state index < -0.39 is 6.10 Å². The third kappa shape index (κ3) is 2.95. The molecule has 7 heteroatoms. The number of benzene rings is 1. The molecule has 7 nitrogen and oxygen atoms in total. The highest BCUT2D eigenvalue weighted by Crippen LogP contribution is 2.37. The van der Waals surface area contributed by atoms with Crippen molar-refractivity contribution < 1.29 is 14.6 Å². The van der Waals surface area contributed by atoms with Gasteiger partial charge in [0.1, 0.15) is 17.5 Å². The molecule has 132 valence electrons. The zero-order chi connectivity index (χ0) is 17.4. The lowest BCUT2D eigenvalue weighted by molar-refractivity contribution is 0.0848. The van der Waals surface area contributed by atoms with Crippen molar-refractivity contribution in [3.63, 3.8) is 0 Å². The molecule has 2 heterocycles. The number of carbonyl (C=O) groups excluding carboxylic acids is 1.